The van der Waals surface area contributed by atoms with Crippen molar-refractivity contribution >= 4 is 0 Å². The van der Waals surface area contributed by atoms with Crippen molar-refractivity contribution in [3.8, 4) is 0 Å². The van der Waals surface area contributed by atoms with E-state index in [1.165, 1.54) is 0 Å². The summed E-state index contributed by atoms with van der Waals surface area (Å²) in [5, 5.41) is 3.24. The first-order valence-corrected chi connectivity index (χ1v) is 5.85. The fourth-order valence-corrected chi connectivity index (χ4v) is 3.03. The SMILES string of the molecule is FC(F)(F)C1CCCC(C2CCNC2)C1. The summed E-state index contributed by atoms with van der Waals surface area (Å²) >= 11 is 0. The van der Waals surface area contributed by atoms with Crippen molar-refractivity contribution in [2.45, 2.75) is 38.3 Å². The van der Waals surface area contributed by atoms with E-state index in [0.29, 0.717) is 24.7 Å². The molecule has 2 rings (SSSR count). The first-order chi connectivity index (χ1) is 7.07. The van der Waals surface area contributed by atoms with Gasteiger partial charge in [0.2, 0.25) is 0 Å². The molecule has 0 radical (unpaired) electrons. The van der Waals surface area contributed by atoms with E-state index in [0.717, 1.165) is 32.4 Å². The zero-order chi connectivity index (χ0) is 10.9. The summed E-state index contributed by atoms with van der Waals surface area (Å²) in [5.74, 6) is -0.229. The molecule has 1 N–H and O–H groups in total. The number of hydrogen-bond donors (Lipinski definition) is 1. The third kappa shape index (κ3) is 2.65. The minimum Gasteiger partial charge on any atom is -0.316 e. The quantitative estimate of drug-likeness (QED) is 0.717. The molecule has 4 heteroatoms. The highest BCUT2D eigenvalue weighted by atomic mass is 19.4. The van der Waals surface area contributed by atoms with E-state index >= 15 is 0 Å². The molecule has 2 fully saturated rings. The molecule has 3 atom stereocenters. The smallest absolute Gasteiger partial charge is 0.316 e. The lowest BCUT2D eigenvalue weighted by Gasteiger charge is -2.33. The molecule has 15 heavy (non-hydrogen) atoms. The predicted molar refractivity (Wildman–Crippen MR) is 52.5 cm³/mol. The summed E-state index contributed by atoms with van der Waals surface area (Å²) in [5.41, 5.74) is 0. The van der Waals surface area contributed by atoms with Crippen LogP contribution in [-0.2, 0) is 0 Å². The first-order valence-electron chi connectivity index (χ1n) is 5.85. The van der Waals surface area contributed by atoms with Crippen LogP contribution in [-0.4, -0.2) is 19.3 Å². The summed E-state index contributed by atoms with van der Waals surface area (Å²) in [6, 6.07) is 0. The fourth-order valence-electron chi connectivity index (χ4n) is 3.03. The zero-order valence-electron chi connectivity index (χ0n) is 8.82. The van der Waals surface area contributed by atoms with Gasteiger partial charge in [-0.1, -0.05) is 12.8 Å². The zero-order valence-corrected chi connectivity index (χ0v) is 8.82. The lowest BCUT2D eigenvalue weighted by atomic mass is 9.74. The van der Waals surface area contributed by atoms with Crippen LogP contribution in [0.25, 0.3) is 0 Å². The lowest BCUT2D eigenvalue weighted by molar-refractivity contribution is -0.187. The van der Waals surface area contributed by atoms with Gasteiger partial charge in [0.15, 0.2) is 0 Å². The Labute approximate surface area is 88.4 Å². The number of rotatable bonds is 1. The molecule has 1 heterocycles. The van der Waals surface area contributed by atoms with E-state index < -0.39 is 12.1 Å². The van der Waals surface area contributed by atoms with Crippen molar-refractivity contribution in [1.82, 2.24) is 5.32 Å². The molecule has 0 aromatic rings. The Balaban J connectivity index is 1.92. The monoisotopic (exact) mass is 221 g/mol. The van der Waals surface area contributed by atoms with Crippen molar-refractivity contribution in [1.29, 1.82) is 0 Å². The molecule has 2 aliphatic rings. The molecular weight excluding hydrogens is 203 g/mol. The maximum absolute atomic E-state index is 12.6. The van der Waals surface area contributed by atoms with E-state index in [1.54, 1.807) is 0 Å². The Kier molecular flexibility index (Phi) is 3.24. The van der Waals surface area contributed by atoms with E-state index in [4.69, 9.17) is 0 Å². The molecule has 3 unspecified atom stereocenters. The Morgan fingerprint density at radius 2 is 1.80 bits per heavy atom. The van der Waals surface area contributed by atoms with Crippen molar-refractivity contribution in [2.24, 2.45) is 17.8 Å². The Hall–Kier alpha value is -0.250. The molecule has 1 aliphatic heterocycles. The predicted octanol–water partition coefficient (Wildman–Crippen LogP) is 2.96. The second kappa shape index (κ2) is 4.32. The maximum Gasteiger partial charge on any atom is 0.391 e. The van der Waals surface area contributed by atoms with Gasteiger partial charge in [-0.05, 0) is 44.2 Å². The molecule has 0 aromatic heterocycles. The van der Waals surface area contributed by atoms with Gasteiger partial charge in [-0.2, -0.15) is 13.2 Å². The van der Waals surface area contributed by atoms with Gasteiger partial charge < -0.3 is 5.32 Å². The highest BCUT2D eigenvalue weighted by Crippen LogP contribution is 2.43. The van der Waals surface area contributed by atoms with Crippen LogP contribution < -0.4 is 5.32 Å². The third-order valence-corrected chi connectivity index (χ3v) is 3.94. The van der Waals surface area contributed by atoms with Crippen LogP contribution in [0, 0.1) is 17.8 Å². The molecule has 1 saturated carbocycles. The highest BCUT2D eigenvalue weighted by Gasteiger charge is 2.43. The minimum absolute atomic E-state index is 0.306. The van der Waals surface area contributed by atoms with Gasteiger partial charge in [0.25, 0.3) is 0 Å². The fraction of sp³-hybridized carbons (Fsp3) is 1.00. The number of hydrogen-bond acceptors (Lipinski definition) is 1. The molecule has 88 valence electrons. The van der Waals surface area contributed by atoms with Crippen LogP contribution >= 0.6 is 0 Å². The second-order valence-electron chi connectivity index (χ2n) is 4.92. The molecule has 0 bridgehead atoms. The van der Waals surface area contributed by atoms with E-state index in [1.807, 2.05) is 0 Å². The molecule has 0 aromatic carbocycles. The van der Waals surface area contributed by atoms with E-state index in [-0.39, 0.29) is 0 Å². The molecule has 0 amide bonds. The average Bonchev–Trinajstić information content (AvgIpc) is 2.69. The lowest BCUT2D eigenvalue weighted by Crippen LogP contribution is -2.32. The molecule has 0 spiro atoms. The van der Waals surface area contributed by atoms with Crippen molar-refractivity contribution < 1.29 is 13.2 Å². The third-order valence-electron chi connectivity index (χ3n) is 3.94. The van der Waals surface area contributed by atoms with Gasteiger partial charge in [-0.15, -0.1) is 0 Å². The maximum atomic E-state index is 12.6. The van der Waals surface area contributed by atoms with Crippen LogP contribution in [0.2, 0.25) is 0 Å². The Morgan fingerprint density at radius 1 is 1.00 bits per heavy atom. The Morgan fingerprint density at radius 3 is 2.40 bits per heavy atom. The van der Waals surface area contributed by atoms with Gasteiger partial charge in [0, 0.05) is 0 Å². The van der Waals surface area contributed by atoms with Gasteiger partial charge >= 0.3 is 6.18 Å². The van der Waals surface area contributed by atoms with Gasteiger partial charge in [-0.3, -0.25) is 0 Å². The van der Waals surface area contributed by atoms with Crippen molar-refractivity contribution in [3.05, 3.63) is 0 Å². The minimum atomic E-state index is -3.97. The molecule has 1 saturated heterocycles. The summed E-state index contributed by atoms with van der Waals surface area (Å²) in [6.45, 7) is 1.91. The number of alkyl halides is 3. The van der Waals surface area contributed by atoms with Crippen LogP contribution in [0.1, 0.15) is 32.1 Å². The topological polar surface area (TPSA) is 12.0 Å². The van der Waals surface area contributed by atoms with E-state index in [9.17, 15) is 13.2 Å². The largest absolute Gasteiger partial charge is 0.391 e. The second-order valence-corrected chi connectivity index (χ2v) is 4.92. The van der Waals surface area contributed by atoms with Crippen molar-refractivity contribution in [2.75, 3.05) is 13.1 Å². The molecule has 1 aliphatic carbocycles. The summed E-state index contributed by atoms with van der Waals surface area (Å²) in [4.78, 5) is 0. The normalized spacial score (nSPS) is 38.2. The average molecular weight is 221 g/mol. The first kappa shape index (κ1) is 11.2. The van der Waals surface area contributed by atoms with E-state index in [2.05, 4.69) is 5.32 Å². The van der Waals surface area contributed by atoms with Crippen LogP contribution in [0.5, 0.6) is 0 Å². The van der Waals surface area contributed by atoms with Crippen molar-refractivity contribution in [3.63, 3.8) is 0 Å². The van der Waals surface area contributed by atoms with Crippen LogP contribution in [0.4, 0.5) is 13.2 Å². The summed E-state index contributed by atoms with van der Waals surface area (Å²) in [6.07, 6.45) is -0.430. The molecule has 1 nitrogen and oxygen atoms in total. The number of halogens is 3. The number of nitrogens with one attached hydrogen (secondary N) is 1. The van der Waals surface area contributed by atoms with Gasteiger partial charge in [0.1, 0.15) is 0 Å². The summed E-state index contributed by atoms with van der Waals surface area (Å²) < 4.78 is 37.8. The summed E-state index contributed by atoms with van der Waals surface area (Å²) in [7, 11) is 0. The standard InChI is InChI=1S/C11H18F3N/c12-11(13,14)10-3-1-2-8(6-10)9-4-5-15-7-9/h8-10,15H,1-7H2. The molecular formula is C11H18F3N. The van der Waals surface area contributed by atoms with Gasteiger partial charge in [-0.25, -0.2) is 0 Å². The van der Waals surface area contributed by atoms with Crippen LogP contribution in [0.15, 0.2) is 0 Å². The van der Waals surface area contributed by atoms with Crippen LogP contribution in [0.3, 0.4) is 0 Å². The van der Waals surface area contributed by atoms with Gasteiger partial charge in [0.05, 0.1) is 5.92 Å². The highest BCUT2D eigenvalue weighted by molar-refractivity contribution is 4.85. The Bertz CT molecular complexity index is 208.